The minimum absolute atomic E-state index is 0.0925. The van der Waals surface area contributed by atoms with E-state index in [4.69, 9.17) is 0 Å². The molecule has 0 radical (unpaired) electrons. The lowest BCUT2D eigenvalue weighted by Crippen LogP contribution is -2.55. The zero-order valence-electron chi connectivity index (χ0n) is 14.7. The van der Waals surface area contributed by atoms with Crippen LogP contribution in [0.5, 0.6) is 0 Å². The first-order chi connectivity index (χ1) is 11.7. The molecule has 1 saturated heterocycles. The smallest absolute Gasteiger partial charge is 0.246 e. The lowest BCUT2D eigenvalue weighted by Gasteiger charge is -2.36. The molecule has 1 aliphatic carbocycles. The molecule has 0 spiro atoms. The summed E-state index contributed by atoms with van der Waals surface area (Å²) in [6.07, 6.45) is 10.3. The average molecular weight is 332 g/mol. The Bertz CT molecular complexity index is 590. The van der Waals surface area contributed by atoms with Gasteiger partial charge in [0.1, 0.15) is 6.54 Å². The van der Waals surface area contributed by atoms with Gasteiger partial charge in [-0.25, -0.2) is 0 Å². The van der Waals surface area contributed by atoms with Gasteiger partial charge in [-0.05, 0) is 18.8 Å². The van der Waals surface area contributed by atoms with Crippen LogP contribution in [0.25, 0.3) is 0 Å². The summed E-state index contributed by atoms with van der Waals surface area (Å²) in [7, 11) is 3.66. The van der Waals surface area contributed by atoms with Crippen LogP contribution < -0.4 is 10.2 Å². The van der Waals surface area contributed by atoms with Crippen LogP contribution in [0.1, 0.15) is 32.1 Å². The van der Waals surface area contributed by atoms with Gasteiger partial charge in [0.25, 0.3) is 0 Å². The second-order valence-electron chi connectivity index (χ2n) is 6.77. The van der Waals surface area contributed by atoms with E-state index in [1.54, 1.807) is 22.8 Å². The monoisotopic (exact) mass is 332 g/mol. The molecular weight excluding hydrogens is 304 g/mol. The van der Waals surface area contributed by atoms with Gasteiger partial charge in [0.05, 0.1) is 11.9 Å². The third-order valence-electron chi connectivity index (χ3n) is 5.01. The maximum atomic E-state index is 12.5. The second kappa shape index (κ2) is 7.68. The number of amides is 1. The van der Waals surface area contributed by atoms with Crippen LogP contribution in [-0.4, -0.2) is 59.8 Å². The highest BCUT2D eigenvalue weighted by Crippen LogP contribution is 2.23. The molecule has 7 nitrogen and oxygen atoms in total. The molecule has 0 bridgehead atoms. The van der Waals surface area contributed by atoms with Crippen LogP contribution >= 0.6 is 0 Å². The predicted molar refractivity (Wildman–Crippen MR) is 95.1 cm³/mol. The number of nitrogens with one attached hydrogen (secondary N) is 1. The van der Waals surface area contributed by atoms with Crippen molar-refractivity contribution < 1.29 is 4.79 Å². The third-order valence-corrected chi connectivity index (χ3v) is 5.01. The van der Waals surface area contributed by atoms with Gasteiger partial charge in [0.15, 0.2) is 5.96 Å². The number of carbonyl (C=O) groups excluding carboxylic acids is 1. The highest BCUT2D eigenvalue weighted by Gasteiger charge is 2.28. The normalized spacial score (nSPS) is 20.6. The number of carbonyl (C=O) groups is 1. The van der Waals surface area contributed by atoms with Crippen molar-refractivity contribution >= 4 is 17.6 Å². The molecule has 2 aliphatic rings. The Morgan fingerprint density at radius 1 is 1.33 bits per heavy atom. The van der Waals surface area contributed by atoms with Crippen LogP contribution in [0.4, 0.5) is 5.69 Å². The van der Waals surface area contributed by atoms with Crippen LogP contribution in [-0.2, 0) is 11.8 Å². The number of guanidine groups is 1. The summed E-state index contributed by atoms with van der Waals surface area (Å²) >= 11 is 0. The molecule has 1 N–H and O–H groups in total. The zero-order chi connectivity index (χ0) is 16.9. The van der Waals surface area contributed by atoms with Crippen LogP contribution in [0.15, 0.2) is 17.4 Å². The van der Waals surface area contributed by atoms with Gasteiger partial charge in [0, 0.05) is 39.9 Å². The van der Waals surface area contributed by atoms with Crippen molar-refractivity contribution in [3.05, 3.63) is 12.4 Å². The molecule has 1 amide bonds. The summed E-state index contributed by atoms with van der Waals surface area (Å²) in [6.45, 7) is 2.77. The van der Waals surface area contributed by atoms with Crippen molar-refractivity contribution in [2.45, 2.75) is 32.1 Å². The number of aryl methyl sites for hydroxylation is 1. The second-order valence-corrected chi connectivity index (χ2v) is 6.77. The SMILES string of the molecule is CN=C(NCC1CCCCC1)N1CCN(c2cnn(C)c2)C(=O)C1. The maximum Gasteiger partial charge on any atom is 0.246 e. The number of piperazine rings is 1. The Morgan fingerprint density at radius 2 is 2.12 bits per heavy atom. The summed E-state index contributed by atoms with van der Waals surface area (Å²) in [6, 6.07) is 0. The molecule has 1 aliphatic heterocycles. The number of aromatic nitrogens is 2. The fraction of sp³-hybridized carbons (Fsp3) is 0.706. The maximum absolute atomic E-state index is 12.5. The third kappa shape index (κ3) is 3.88. The molecule has 0 unspecified atom stereocenters. The zero-order valence-corrected chi connectivity index (χ0v) is 14.7. The Balaban J connectivity index is 1.54. The van der Waals surface area contributed by atoms with Gasteiger partial charge in [-0.15, -0.1) is 0 Å². The lowest BCUT2D eigenvalue weighted by atomic mass is 9.89. The van der Waals surface area contributed by atoms with Crippen molar-refractivity contribution in [2.75, 3.05) is 38.1 Å². The number of hydrogen-bond acceptors (Lipinski definition) is 3. The quantitative estimate of drug-likeness (QED) is 0.668. The standard InChI is InChI=1S/C17H28N6O/c1-18-17(19-10-14-6-4-3-5-7-14)22-8-9-23(16(24)13-22)15-11-20-21(2)12-15/h11-12,14H,3-10,13H2,1-2H3,(H,18,19). The summed E-state index contributed by atoms with van der Waals surface area (Å²) in [5.41, 5.74) is 0.868. The van der Waals surface area contributed by atoms with E-state index in [1.165, 1.54) is 32.1 Å². The molecule has 0 aromatic carbocycles. The molecule has 1 saturated carbocycles. The predicted octanol–water partition coefficient (Wildman–Crippen LogP) is 1.22. The average Bonchev–Trinajstić information content (AvgIpc) is 3.02. The number of rotatable bonds is 3. The van der Waals surface area contributed by atoms with Gasteiger partial charge in [-0.3, -0.25) is 14.5 Å². The van der Waals surface area contributed by atoms with Gasteiger partial charge in [-0.1, -0.05) is 19.3 Å². The van der Waals surface area contributed by atoms with Gasteiger partial charge in [-0.2, -0.15) is 5.10 Å². The summed E-state index contributed by atoms with van der Waals surface area (Å²) in [5.74, 6) is 1.68. The molecule has 1 aromatic rings. The molecule has 0 atom stereocenters. The van der Waals surface area contributed by atoms with E-state index in [-0.39, 0.29) is 5.91 Å². The van der Waals surface area contributed by atoms with Crippen molar-refractivity contribution in [1.29, 1.82) is 0 Å². The van der Waals surface area contributed by atoms with Crippen LogP contribution in [0.2, 0.25) is 0 Å². The van der Waals surface area contributed by atoms with E-state index in [9.17, 15) is 4.79 Å². The topological polar surface area (TPSA) is 65.8 Å². The first kappa shape index (κ1) is 16.8. The Hall–Kier alpha value is -2.05. The first-order valence-electron chi connectivity index (χ1n) is 8.92. The summed E-state index contributed by atoms with van der Waals surface area (Å²) in [5, 5.41) is 7.63. The van der Waals surface area contributed by atoms with E-state index in [2.05, 4.69) is 20.3 Å². The Labute approximate surface area is 143 Å². The molecule has 24 heavy (non-hydrogen) atoms. The fourth-order valence-electron chi connectivity index (χ4n) is 3.63. The van der Waals surface area contributed by atoms with Gasteiger partial charge < -0.3 is 15.1 Å². The highest BCUT2D eigenvalue weighted by molar-refractivity contribution is 5.98. The first-order valence-corrected chi connectivity index (χ1v) is 8.92. The number of nitrogens with zero attached hydrogens (tertiary/aromatic N) is 5. The van der Waals surface area contributed by atoms with Crippen molar-refractivity contribution in [2.24, 2.45) is 18.0 Å². The van der Waals surface area contributed by atoms with E-state index >= 15 is 0 Å². The Morgan fingerprint density at radius 3 is 2.75 bits per heavy atom. The van der Waals surface area contributed by atoms with Gasteiger partial charge in [0.2, 0.25) is 5.91 Å². The highest BCUT2D eigenvalue weighted by atomic mass is 16.2. The summed E-state index contributed by atoms with van der Waals surface area (Å²) in [4.78, 5) is 20.7. The van der Waals surface area contributed by atoms with Crippen molar-refractivity contribution in [3.63, 3.8) is 0 Å². The molecule has 132 valence electrons. The minimum Gasteiger partial charge on any atom is -0.356 e. The number of hydrogen-bond donors (Lipinski definition) is 1. The van der Waals surface area contributed by atoms with Crippen LogP contribution in [0, 0.1) is 5.92 Å². The molecule has 2 fully saturated rings. The molecule has 7 heteroatoms. The van der Waals surface area contributed by atoms with E-state index < -0.39 is 0 Å². The van der Waals surface area contributed by atoms with Crippen molar-refractivity contribution in [1.82, 2.24) is 20.0 Å². The van der Waals surface area contributed by atoms with Crippen molar-refractivity contribution in [3.8, 4) is 0 Å². The lowest BCUT2D eigenvalue weighted by molar-refractivity contribution is -0.120. The number of aliphatic imine (C=N–C) groups is 1. The summed E-state index contributed by atoms with van der Waals surface area (Å²) < 4.78 is 1.72. The van der Waals surface area contributed by atoms with Gasteiger partial charge >= 0.3 is 0 Å². The fourth-order valence-corrected chi connectivity index (χ4v) is 3.63. The molecule has 3 rings (SSSR count). The molecule has 1 aromatic heterocycles. The van der Waals surface area contributed by atoms with E-state index in [0.29, 0.717) is 13.1 Å². The van der Waals surface area contributed by atoms with Crippen LogP contribution in [0.3, 0.4) is 0 Å². The molecular formula is C17H28N6O. The largest absolute Gasteiger partial charge is 0.356 e. The minimum atomic E-state index is 0.0925. The van der Waals surface area contributed by atoms with E-state index in [1.807, 2.05) is 13.2 Å². The number of anilines is 1. The molecule has 2 heterocycles. The Kier molecular flexibility index (Phi) is 5.37. The van der Waals surface area contributed by atoms with E-state index in [0.717, 1.165) is 30.7 Å².